The Morgan fingerprint density at radius 1 is 1.71 bits per heavy atom. The summed E-state index contributed by atoms with van der Waals surface area (Å²) in [6.45, 7) is 8.13. The highest BCUT2D eigenvalue weighted by Crippen LogP contribution is 2.27. The van der Waals surface area contributed by atoms with Gasteiger partial charge in [0.25, 0.3) is 0 Å². The van der Waals surface area contributed by atoms with Crippen molar-refractivity contribution < 1.29 is 4.79 Å². The number of rotatable bonds is 4. The maximum atomic E-state index is 11.5. The summed E-state index contributed by atoms with van der Waals surface area (Å²) in [5.41, 5.74) is 5.35. The van der Waals surface area contributed by atoms with Crippen LogP contribution in [0.5, 0.6) is 0 Å². The van der Waals surface area contributed by atoms with E-state index in [4.69, 9.17) is 5.73 Å². The zero-order chi connectivity index (χ0) is 10.8. The average Bonchev–Trinajstić information content (AvgIpc) is 2.31. The molecule has 0 aromatic heterocycles. The highest BCUT2D eigenvalue weighted by atomic mass is 16.2. The second-order valence-electron chi connectivity index (χ2n) is 3.70. The van der Waals surface area contributed by atoms with E-state index in [0.29, 0.717) is 12.4 Å². The SMILES string of the molecule is C=CCN1C(=O)N=C(N)C1(C)CCC. The maximum absolute atomic E-state index is 11.5. The molecule has 2 amide bonds. The van der Waals surface area contributed by atoms with E-state index >= 15 is 0 Å². The second-order valence-corrected chi connectivity index (χ2v) is 3.70. The van der Waals surface area contributed by atoms with Gasteiger partial charge in [-0.05, 0) is 13.3 Å². The van der Waals surface area contributed by atoms with Crippen molar-refractivity contribution in [3.05, 3.63) is 12.7 Å². The van der Waals surface area contributed by atoms with Crippen molar-refractivity contribution in [3.63, 3.8) is 0 Å². The largest absolute Gasteiger partial charge is 0.385 e. The lowest BCUT2D eigenvalue weighted by Gasteiger charge is -2.33. The summed E-state index contributed by atoms with van der Waals surface area (Å²) >= 11 is 0. The molecule has 1 aliphatic heterocycles. The molecule has 0 radical (unpaired) electrons. The number of hydrogen-bond donors (Lipinski definition) is 1. The molecule has 0 aromatic carbocycles. The smallest absolute Gasteiger partial charge is 0.346 e. The molecule has 0 spiro atoms. The Hall–Kier alpha value is -1.32. The van der Waals surface area contributed by atoms with Gasteiger partial charge in [-0.25, -0.2) is 4.79 Å². The summed E-state index contributed by atoms with van der Waals surface area (Å²) in [7, 11) is 0. The van der Waals surface area contributed by atoms with E-state index in [-0.39, 0.29) is 6.03 Å². The van der Waals surface area contributed by atoms with Crippen molar-refractivity contribution in [3.8, 4) is 0 Å². The molecule has 4 nitrogen and oxygen atoms in total. The summed E-state index contributed by atoms with van der Waals surface area (Å²) < 4.78 is 0. The zero-order valence-electron chi connectivity index (χ0n) is 8.79. The van der Waals surface area contributed by atoms with Crippen molar-refractivity contribution in [2.75, 3.05) is 6.54 Å². The third-order valence-electron chi connectivity index (χ3n) is 2.64. The molecule has 1 heterocycles. The van der Waals surface area contributed by atoms with Crippen LogP contribution in [-0.4, -0.2) is 28.9 Å². The molecule has 78 valence electrons. The molecule has 1 rings (SSSR count). The van der Waals surface area contributed by atoms with Gasteiger partial charge in [-0.2, -0.15) is 4.99 Å². The predicted octanol–water partition coefficient (Wildman–Crippen LogP) is 1.52. The van der Waals surface area contributed by atoms with Gasteiger partial charge in [0.1, 0.15) is 5.84 Å². The number of amidine groups is 1. The van der Waals surface area contributed by atoms with Crippen LogP contribution in [-0.2, 0) is 0 Å². The third-order valence-corrected chi connectivity index (χ3v) is 2.64. The van der Waals surface area contributed by atoms with E-state index in [1.807, 2.05) is 6.92 Å². The van der Waals surface area contributed by atoms with Crippen molar-refractivity contribution in [2.24, 2.45) is 10.7 Å². The number of aliphatic imine (C=N–C) groups is 1. The monoisotopic (exact) mass is 195 g/mol. The number of nitrogens with two attached hydrogens (primary N) is 1. The number of hydrogen-bond acceptors (Lipinski definition) is 2. The van der Waals surface area contributed by atoms with Crippen LogP contribution in [0.2, 0.25) is 0 Å². The Kier molecular flexibility index (Phi) is 2.93. The van der Waals surface area contributed by atoms with Crippen LogP contribution in [0.4, 0.5) is 4.79 Å². The summed E-state index contributed by atoms with van der Waals surface area (Å²) in [5.74, 6) is 0.422. The van der Waals surface area contributed by atoms with Crippen molar-refractivity contribution >= 4 is 11.9 Å². The Morgan fingerprint density at radius 2 is 2.36 bits per heavy atom. The number of urea groups is 1. The number of carbonyl (C=O) groups excluding carboxylic acids is 1. The van der Waals surface area contributed by atoms with Gasteiger partial charge < -0.3 is 10.6 Å². The maximum Gasteiger partial charge on any atom is 0.346 e. The van der Waals surface area contributed by atoms with Gasteiger partial charge in [0.2, 0.25) is 0 Å². The van der Waals surface area contributed by atoms with Crippen LogP contribution in [0.25, 0.3) is 0 Å². The molecule has 4 heteroatoms. The fourth-order valence-electron chi connectivity index (χ4n) is 1.79. The molecule has 1 aliphatic rings. The summed E-state index contributed by atoms with van der Waals surface area (Å²) in [5, 5.41) is 0. The Balaban J connectivity index is 2.93. The topological polar surface area (TPSA) is 58.7 Å². The van der Waals surface area contributed by atoms with E-state index in [1.54, 1.807) is 11.0 Å². The van der Waals surface area contributed by atoms with Crippen LogP contribution >= 0.6 is 0 Å². The molecule has 14 heavy (non-hydrogen) atoms. The normalized spacial score (nSPS) is 26.6. The molecule has 1 unspecified atom stereocenters. The Labute approximate surface area is 84.5 Å². The minimum atomic E-state index is -0.417. The number of carbonyl (C=O) groups is 1. The number of amides is 2. The predicted molar refractivity (Wildman–Crippen MR) is 57.2 cm³/mol. The standard InChI is InChI=1S/C10H17N3O/c1-4-6-10(3)8(11)12-9(14)13(10)7-5-2/h5H,2,4,6-7H2,1,3H3,(H2,11,12,14). The lowest BCUT2D eigenvalue weighted by molar-refractivity contribution is 0.182. The molecular weight excluding hydrogens is 178 g/mol. The molecule has 2 N–H and O–H groups in total. The molecule has 0 fully saturated rings. The van der Waals surface area contributed by atoms with Gasteiger partial charge in [0.05, 0.1) is 5.54 Å². The van der Waals surface area contributed by atoms with Gasteiger partial charge in [-0.15, -0.1) is 6.58 Å². The Bertz CT molecular complexity index is 285. The van der Waals surface area contributed by atoms with E-state index in [9.17, 15) is 4.79 Å². The molecule has 0 saturated heterocycles. The van der Waals surface area contributed by atoms with Crippen LogP contribution in [0.15, 0.2) is 17.6 Å². The van der Waals surface area contributed by atoms with Crippen molar-refractivity contribution in [1.82, 2.24) is 4.90 Å². The van der Waals surface area contributed by atoms with Crippen LogP contribution in [0, 0.1) is 0 Å². The first-order valence-electron chi connectivity index (χ1n) is 4.83. The molecule has 1 atom stereocenters. The first-order chi connectivity index (χ1) is 6.56. The van der Waals surface area contributed by atoms with Crippen molar-refractivity contribution in [2.45, 2.75) is 32.2 Å². The van der Waals surface area contributed by atoms with Crippen LogP contribution < -0.4 is 5.73 Å². The molecule has 0 aromatic rings. The van der Waals surface area contributed by atoms with E-state index < -0.39 is 5.54 Å². The lowest BCUT2D eigenvalue weighted by Crippen LogP contribution is -2.51. The molecule has 0 saturated carbocycles. The van der Waals surface area contributed by atoms with Crippen molar-refractivity contribution in [1.29, 1.82) is 0 Å². The minimum Gasteiger partial charge on any atom is -0.385 e. The van der Waals surface area contributed by atoms with Crippen LogP contribution in [0.1, 0.15) is 26.7 Å². The van der Waals surface area contributed by atoms with Gasteiger partial charge in [-0.1, -0.05) is 19.4 Å². The first kappa shape index (κ1) is 10.8. The molecule has 0 bridgehead atoms. The van der Waals surface area contributed by atoms with E-state index in [2.05, 4.69) is 18.5 Å². The lowest BCUT2D eigenvalue weighted by atomic mass is 9.94. The first-order valence-corrected chi connectivity index (χ1v) is 4.83. The van der Waals surface area contributed by atoms with Gasteiger partial charge in [0, 0.05) is 6.54 Å². The summed E-state index contributed by atoms with van der Waals surface area (Å²) in [6.07, 6.45) is 3.50. The van der Waals surface area contributed by atoms with Crippen LogP contribution in [0.3, 0.4) is 0 Å². The quantitative estimate of drug-likeness (QED) is 0.691. The van der Waals surface area contributed by atoms with Gasteiger partial charge in [-0.3, -0.25) is 0 Å². The minimum absolute atomic E-state index is 0.252. The summed E-state index contributed by atoms with van der Waals surface area (Å²) in [6, 6.07) is -0.252. The zero-order valence-corrected chi connectivity index (χ0v) is 8.79. The average molecular weight is 195 g/mol. The van der Waals surface area contributed by atoms with Gasteiger partial charge in [0.15, 0.2) is 0 Å². The second kappa shape index (κ2) is 3.82. The molecule has 0 aliphatic carbocycles. The Morgan fingerprint density at radius 3 is 2.86 bits per heavy atom. The van der Waals surface area contributed by atoms with Gasteiger partial charge >= 0.3 is 6.03 Å². The highest BCUT2D eigenvalue weighted by Gasteiger charge is 2.42. The molecular formula is C10H17N3O. The third kappa shape index (κ3) is 1.52. The highest BCUT2D eigenvalue weighted by molar-refractivity contribution is 6.05. The number of nitrogens with zero attached hydrogens (tertiary/aromatic N) is 2. The summed E-state index contributed by atoms with van der Waals surface area (Å²) in [4.78, 5) is 16.9. The van der Waals surface area contributed by atoms with E-state index in [0.717, 1.165) is 12.8 Å². The van der Waals surface area contributed by atoms with E-state index in [1.165, 1.54) is 0 Å². The fraction of sp³-hybridized carbons (Fsp3) is 0.600. The fourth-order valence-corrected chi connectivity index (χ4v) is 1.79.